The molecule has 1 N–H and O–H groups in total. The van der Waals surface area contributed by atoms with Crippen molar-refractivity contribution in [3.05, 3.63) is 64.0 Å². The van der Waals surface area contributed by atoms with Gasteiger partial charge >= 0.3 is 0 Å². The number of carbonyl (C=O) groups is 2. The molecule has 140 valence electrons. The highest BCUT2D eigenvalue weighted by molar-refractivity contribution is 5.94. The first-order chi connectivity index (χ1) is 13.0. The molecule has 1 aromatic carbocycles. The number of rotatable bonds is 4. The standard InChI is InChI=1S/C19H20N4O4/c1-13-5-6-15(12-17(13)23(26)27)21-18(24)14-7-10-22(11-8-14)19(25)16-4-2-3-9-20-16/h2-6,9,12,14H,7-8,10-11H2,1H3,(H,21,24). The van der Waals surface area contributed by atoms with Crippen LogP contribution in [0.25, 0.3) is 0 Å². The molecule has 0 bridgehead atoms. The van der Waals surface area contributed by atoms with Gasteiger partial charge in [-0.15, -0.1) is 0 Å². The average Bonchev–Trinajstić information content (AvgIpc) is 2.69. The molecule has 0 saturated carbocycles. The minimum atomic E-state index is -0.466. The number of nitrogens with one attached hydrogen (secondary N) is 1. The Morgan fingerprint density at radius 1 is 1.22 bits per heavy atom. The quantitative estimate of drug-likeness (QED) is 0.660. The number of aromatic nitrogens is 1. The van der Waals surface area contributed by atoms with E-state index in [9.17, 15) is 19.7 Å². The molecular formula is C19H20N4O4. The van der Waals surface area contributed by atoms with E-state index in [2.05, 4.69) is 10.3 Å². The summed E-state index contributed by atoms with van der Waals surface area (Å²) < 4.78 is 0. The maximum absolute atomic E-state index is 12.5. The molecule has 0 spiro atoms. The molecule has 1 saturated heterocycles. The third-order valence-corrected chi connectivity index (χ3v) is 4.71. The molecule has 2 amide bonds. The maximum atomic E-state index is 12.5. The zero-order chi connectivity index (χ0) is 19.4. The molecule has 0 radical (unpaired) electrons. The van der Waals surface area contributed by atoms with Crippen LogP contribution >= 0.6 is 0 Å². The third kappa shape index (κ3) is 4.28. The van der Waals surface area contributed by atoms with Crippen LogP contribution in [0, 0.1) is 23.0 Å². The lowest BCUT2D eigenvalue weighted by atomic mass is 9.95. The van der Waals surface area contributed by atoms with Crippen molar-refractivity contribution < 1.29 is 14.5 Å². The number of anilines is 1. The second kappa shape index (κ2) is 7.94. The monoisotopic (exact) mass is 368 g/mol. The van der Waals surface area contributed by atoms with Crippen LogP contribution in [-0.4, -0.2) is 39.7 Å². The number of hydrogen-bond acceptors (Lipinski definition) is 5. The summed E-state index contributed by atoms with van der Waals surface area (Å²) in [5.41, 5.74) is 1.32. The first-order valence-corrected chi connectivity index (χ1v) is 8.72. The fraction of sp³-hybridized carbons (Fsp3) is 0.316. The summed E-state index contributed by atoms with van der Waals surface area (Å²) in [6, 6.07) is 9.82. The lowest BCUT2D eigenvalue weighted by molar-refractivity contribution is -0.385. The van der Waals surface area contributed by atoms with Crippen molar-refractivity contribution >= 4 is 23.2 Å². The van der Waals surface area contributed by atoms with Gasteiger partial charge in [0.1, 0.15) is 5.69 Å². The number of amides is 2. The van der Waals surface area contributed by atoms with Crippen molar-refractivity contribution in [1.82, 2.24) is 9.88 Å². The summed E-state index contributed by atoms with van der Waals surface area (Å²) >= 11 is 0. The number of nitro groups is 1. The van der Waals surface area contributed by atoms with Gasteiger partial charge in [-0.3, -0.25) is 24.7 Å². The van der Waals surface area contributed by atoms with Crippen molar-refractivity contribution in [3.8, 4) is 0 Å². The van der Waals surface area contributed by atoms with E-state index in [4.69, 9.17) is 0 Å². The molecule has 2 heterocycles. The Morgan fingerprint density at radius 3 is 2.59 bits per heavy atom. The third-order valence-electron chi connectivity index (χ3n) is 4.71. The molecule has 1 aliphatic heterocycles. The van der Waals surface area contributed by atoms with Gasteiger partial charge in [-0.2, -0.15) is 0 Å². The van der Waals surface area contributed by atoms with Crippen LogP contribution in [0.5, 0.6) is 0 Å². The van der Waals surface area contributed by atoms with Gasteiger partial charge < -0.3 is 10.2 Å². The van der Waals surface area contributed by atoms with Crippen molar-refractivity contribution in [1.29, 1.82) is 0 Å². The number of pyridine rings is 1. The van der Waals surface area contributed by atoms with Gasteiger partial charge in [-0.25, -0.2) is 0 Å². The van der Waals surface area contributed by atoms with Crippen LogP contribution in [0.3, 0.4) is 0 Å². The highest BCUT2D eigenvalue weighted by Crippen LogP contribution is 2.24. The number of piperidine rings is 1. The highest BCUT2D eigenvalue weighted by atomic mass is 16.6. The van der Waals surface area contributed by atoms with E-state index in [0.29, 0.717) is 42.9 Å². The van der Waals surface area contributed by atoms with Crippen LogP contribution in [-0.2, 0) is 4.79 Å². The predicted octanol–water partition coefficient (Wildman–Crippen LogP) is 2.79. The van der Waals surface area contributed by atoms with E-state index in [1.54, 1.807) is 48.4 Å². The zero-order valence-corrected chi connectivity index (χ0v) is 14.9. The molecular weight excluding hydrogens is 348 g/mol. The SMILES string of the molecule is Cc1ccc(NC(=O)C2CCN(C(=O)c3ccccn3)CC2)cc1[N+](=O)[O-]. The summed E-state index contributed by atoms with van der Waals surface area (Å²) in [6.45, 7) is 2.60. The summed E-state index contributed by atoms with van der Waals surface area (Å²) in [7, 11) is 0. The van der Waals surface area contributed by atoms with E-state index in [1.165, 1.54) is 6.07 Å². The Balaban J connectivity index is 1.58. The molecule has 2 aromatic rings. The van der Waals surface area contributed by atoms with Crippen molar-refractivity contribution in [3.63, 3.8) is 0 Å². The molecule has 1 aromatic heterocycles. The van der Waals surface area contributed by atoms with Crippen molar-refractivity contribution in [2.75, 3.05) is 18.4 Å². The maximum Gasteiger partial charge on any atom is 0.274 e. The van der Waals surface area contributed by atoms with Gasteiger partial charge in [-0.1, -0.05) is 12.1 Å². The molecule has 8 nitrogen and oxygen atoms in total. The predicted molar refractivity (Wildman–Crippen MR) is 99.3 cm³/mol. The number of benzene rings is 1. The normalized spacial score (nSPS) is 14.6. The topological polar surface area (TPSA) is 105 Å². The summed E-state index contributed by atoms with van der Waals surface area (Å²) in [6.07, 6.45) is 2.66. The Kier molecular flexibility index (Phi) is 5.44. The Morgan fingerprint density at radius 2 is 1.96 bits per heavy atom. The number of aryl methyl sites for hydroxylation is 1. The smallest absolute Gasteiger partial charge is 0.274 e. The number of carbonyl (C=O) groups excluding carboxylic acids is 2. The number of hydrogen-bond donors (Lipinski definition) is 1. The number of nitrogens with zero attached hydrogens (tertiary/aromatic N) is 3. The highest BCUT2D eigenvalue weighted by Gasteiger charge is 2.28. The van der Waals surface area contributed by atoms with Crippen LogP contribution in [0.15, 0.2) is 42.6 Å². The van der Waals surface area contributed by atoms with Gasteiger partial charge in [-0.05, 0) is 38.0 Å². The Hall–Kier alpha value is -3.29. The van der Waals surface area contributed by atoms with Gasteiger partial charge in [0.2, 0.25) is 5.91 Å². The second-order valence-electron chi connectivity index (χ2n) is 6.53. The van der Waals surface area contributed by atoms with E-state index < -0.39 is 4.92 Å². The lowest BCUT2D eigenvalue weighted by Gasteiger charge is -2.31. The second-order valence-corrected chi connectivity index (χ2v) is 6.53. The van der Waals surface area contributed by atoms with Crippen molar-refractivity contribution in [2.45, 2.75) is 19.8 Å². The van der Waals surface area contributed by atoms with Crippen LogP contribution in [0.4, 0.5) is 11.4 Å². The average molecular weight is 368 g/mol. The molecule has 1 fully saturated rings. The molecule has 1 aliphatic rings. The van der Waals surface area contributed by atoms with Gasteiger partial charge in [0.25, 0.3) is 11.6 Å². The number of nitro benzene ring substituents is 1. The van der Waals surface area contributed by atoms with Gasteiger partial charge in [0.05, 0.1) is 4.92 Å². The lowest BCUT2D eigenvalue weighted by Crippen LogP contribution is -2.41. The summed E-state index contributed by atoms with van der Waals surface area (Å²) in [4.78, 5) is 41.2. The largest absolute Gasteiger partial charge is 0.337 e. The first-order valence-electron chi connectivity index (χ1n) is 8.72. The molecule has 8 heteroatoms. The molecule has 0 unspecified atom stereocenters. The molecule has 0 atom stereocenters. The van der Waals surface area contributed by atoms with E-state index in [0.717, 1.165) is 0 Å². The van der Waals surface area contributed by atoms with Crippen LogP contribution in [0.1, 0.15) is 28.9 Å². The molecule has 0 aliphatic carbocycles. The van der Waals surface area contributed by atoms with Gasteiger partial charge in [0.15, 0.2) is 0 Å². The Bertz CT molecular complexity index is 861. The molecule has 3 rings (SSSR count). The minimum Gasteiger partial charge on any atom is -0.337 e. The van der Waals surface area contributed by atoms with Crippen molar-refractivity contribution in [2.24, 2.45) is 5.92 Å². The van der Waals surface area contributed by atoms with E-state index >= 15 is 0 Å². The summed E-state index contributed by atoms with van der Waals surface area (Å²) in [5.74, 6) is -0.556. The van der Waals surface area contributed by atoms with Crippen LogP contribution < -0.4 is 5.32 Å². The number of likely N-dealkylation sites (tertiary alicyclic amines) is 1. The minimum absolute atomic E-state index is 0.0245. The van der Waals surface area contributed by atoms with E-state index in [1.807, 2.05) is 0 Å². The van der Waals surface area contributed by atoms with Gasteiger partial charge in [0, 0.05) is 42.5 Å². The Labute approximate surface area is 156 Å². The van der Waals surface area contributed by atoms with Crippen LogP contribution in [0.2, 0.25) is 0 Å². The zero-order valence-electron chi connectivity index (χ0n) is 14.9. The molecule has 27 heavy (non-hydrogen) atoms. The first kappa shape index (κ1) is 18.5. The van der Waals surface area contributed by atoms with E-state index in [-0.39, 0.29) is 23.4 Å². The summed E-state index contributed by atoms with van der Waals surface area (Å²) in [5, 5.41) is 13.8. The fourth-order valence-electron chi connectivity index (χ4n) is 3.12. The fourth-order valence-corrected chi connectivity index (χ4v) is 3.12.